The van der Waals surface area contributed by atoms with Crippen LogP contribution in [0.2, 0.25) is 18.1 Å². The van der Waals surface area contributed by atoms with Crippen molar-refractivity contribution in [2.75, 3.05) is 12.9 Å². The highest BCUT2D eigenvalue weighted by Crippen LogP contribution is 2.37. The van der Waals surface area contributed by atoms with Crippen LogP contribution < -0.4 is 0 Å². The van der Waals surface area contributed by atoms with E-state index in [4.69, 9.17) is 4.43 Å². The van der Waals surface area contributed by atoms with Crippen LogP contribution in [0.4, 0.5) is 0 Å². The van der Waals surface area contributed by atoms with Gasteiger partial charge >= 0.3 is 0 Å². The van der Waals surface area contributed by atoms with E-state index in [2.05, 4.69) is 38.0 Å². The second kappa shape index (κ2) is 6.32. The Kier molecular flexibility index (Phi) is 6.26. The molecule has 0 aromatic rings. The van der Waals surface area contributed by atoms with Crippen LogP contribution in [0.25, 0.3) is 0 Å². The lowest BCUT2D eigenvalue weighted by Gasteiger charge is -2.37. The molecule has 4 nitrogen and oxygen atoms in total. The van der Waals surface area contributed by atoms with Gasteiger partial charge in [-0.25, -0.2) is 0 Å². The molecule has 1 unspecified atom stereocenters. The number of hydrogen-bond acceptors (Lipinski definition) is 4. The lowest BCUT2D eigenvalue weighted by atomic mass is 10.2. The molecular weight excluding hydrogens is 268 g/mol. The van der Waals surface area contributed by atoms with Gasteiger partial charge in [-0.05, 0) is 25.1 Å². The molecule has 0 radical (unpaired) electrons. The van der Waals surface area contributed by atoms with Crippen molar-refractivity contribution in [1.29, 1.82) is 0 Å². The highest BCUT2D eigenvalue weighted by molar-refractivity contribution is 7.85. The molecular formula is C12H26O4SSi. The van der Waals surface area contributed by atoms with Crippen molar-refractivity contribution in [3.8, 4) is 0 Å². The van der Waals surface area contributed by atoms with E-state index in [0.29, 0.717) is 0 Å². The molecule has 0 spiro atoms. The van der Waals surface area contributed by atoms with E-state index in [1.54, 1.807) is 6.08 Å². The zero-order chi connectivity index (χ0) is 14.6. The van der Waals surface area contributed by atoms with Crippen LogP contribution in [0, 0.1) is 0 Å². The summed E-state index contributed by atoms with van der Waals surface area (Å²) in [6, 6.07) is 0. The molecule has 0 aliphatic heterocycles. The third-order valence-electron chi connectivity index (χ3n) is 3.07. The quantitative estimate of drug-likeness (QED) is 0.429. The van der Waals surface area contributed by atoms with E-state index < -0.39 is 18.4 Å². The van der Waals surface area contributed by atoms with Crippen molar-refractivity contribution in [3.05, 3.63) is 12.2 Å². The SMILES string of the molecule is CC(/C=C/COS(C)(=O)=O)O[Si](C)(C)C(C)(C)C. The van der Waals surface area contributed by atoms with E-state index in [1.807, 2.05) is 13.0 Å². The van der Waals surface area contributed by atoms with Crippen LogP contribution in [-0.4, -0.2) is 35.7 Å². The summed E-state index contributed by atoms with van der Waals surface area (Å²) >= 11 is 0. The molecule has 0 aromatic heterocycles. The summed E-state index contributed by atoms with van der Waals surface area (Å²) in [5.74, 6) is 0. The van der Waals surface area contributed by atoms with Crippen LogP contribution in [0.5, 0.6) is 0 Å². The highest BCUT2D eigenvalue weighted by Gasteiger charge is 2.37. The van der Waals surface area contributed by atoms with Gasteiger partial charge < -0.3 is 4.43 Å². The maximum Gasteiger partial charge on any atom is 0.264 e. The molecule has 0 rings (SSSR count). The Morgan fingerprint density at radius 3 is 2.17 bits per heavy atom. The standard InChI is InChI=1S/C12H26O4SSi/c1-11(9-8-10-15-17(5,13)14)16-18(6,7)12(2,3)4/h8-9,11H,10H2,1-7H3/b9-8+. The predicted octanol–water partition coefficient (Wildman–Crippen LogP) is 2.93. The molecule has 0 saturated heterocycles. The first-order chi connectivity index (χ1) is 7.85. The third kappa shape index (κ3) is 7.30. The van der Waals surface area contributed by atoms with E-state index in [9.17, 15) is 8.42 Å². The second-order valence-corrected chi connectivity index (χ2v) is 12.4. The highest BCUT2D eigenvalue weighted by atomic mass is 32.2. The lowest BCUT2D eigenvalue weighted by molar-refractivity contribution is 0.242. The lowest BCUT2D eigenvalue weighted by Crippen LogP contribution is -2.42. The Morgan fingerprint density at radius 2 is 1.78 bits per heavy atom. The van der Waals surface area contributed by atoms with Crippen molar-refractivity contribution < 1.29 is 17.0 Å². The van der Waals surface area contributed by atoms with Gasteiger partial charge in [0, 0.05) is 0 Å². The largest absolute Gasteiger partial charge is 0.411 e. The normalized spacial score (nSPS) is 16.2. The topological polar surface area (TPSA) is 52.6 Å². The molecule has 108 valence electrons. The molecule has 0 aromatic carbocycles. The van der Waals surface area contributed by atoms with Gasteiger partial charge in [0.15, 0.2) is 8.32 Å². The third-order valence-corrected chi connectivity index (χ3v) is 8.21. The fourth-order valence-corrected chi connectivity index (χ4v) is 2.78. The van der Waals surface area contributed by atoms with Crippen molar-refractivity contribution >= 4 is 18.4 Å². The average molecular weight is 294 g/mol. The van der Waals surface area contributed by atoms with Crippen molar-refractivity contribution in [2.45, 2.75) is 51.9 Å². The van der Waals surface area contributed by atoms with Gasteiger partial charge in [0.05, 0.1) is 19.0 Å². The fourth-order valence-electron chi connectivity index (χ4n) is 1.09. The molecule has 0 aliphatic carbocycles. The Hall–Kier alpha value is -0.173. The summed E-state index contributed by atoms with van der Waals surface area (Å²) in [5, 5.41) is 0.165. The van der Waals surface area contributed by atoms with Crippen LogP contribution >= 0.6 is 0 Å². The van der Waals surface area contributed by atoms with Gasteiger partial charge in [0.2, 0.25) is 0 Å². The molecule has 18 heavy (non-hydrogen) atoms. The fraction of sp³-hybridized carbons (Fsp3) is 0.833. The average Bonchev–Trinajstić information content (AvgIpc) is 2.08. The molecule has 1 atom stereocenters. The van der Waals surface area contributed by atoms with Crippen molar-refractivity contribution in [3.63, 3.8) is 0 Å². The summed E-state index contributed by atoms with van der Waals surface area (Å²) in [4.78, 5) is 0. The summed E-state index contributed by atoms with van der Waals surface area (Å²) in [5.41, 5.74) is 0. The zero-order valence-electron chi connectivity index (χ0n) is 12.5. The van der Waals surface area contributed by atoms with E-state index in [1.165, 1.54) is 0 Å². The van der Waals surface area contributed by atoms with Crippen molar-refractivity contribution in [2.24, 2.45) is 0 Å². The van der Waals surface area contributed by atoms with Crippen LogP contribution in [-0.2, 0) is 18.7 Å². The number of hydrogen-bond donors (Lipinski definition) is 0. The molecule has 0 fully saturated rings. The van der Waals surface area contributed by atoms with Crippen LogP contribution in [0.3, 0.4) is 0 Å². The Morgan fingerprint density at radius 1 is 1.28 bits per heavy atom. The monoisotopic (exact) mass is 294 g/mol. The van der Waals surface area contributed by atoms with E-state index in [-0.39, 0.29) is 17.7 Å². The summed E-state index contributed by atoms with van der Waals surface area (Å²) in [6.45, 7) is 12.9. The van der Waals surface area contributed by atoms with E-state index in [0.717, 1.165) is 6.26 Å². The minimum Gasteiger partial charge on any atom is -0.411 e. The Labute approximate surface area is 113 Å². The van der Waals surface area contributed by atoms with Crippen LogP contribution in [0.15, 0.2) is 12.2 Å². The zero-order valence-corrected chi connectivity index (χ0v) is 14.3. The predicted molar refractivity (Wildman–Crippen MR) is 77.7 cm³/mol. The minimum absolute atomic E-state index is 0.0333. The van der Waals surface area contributed by atoms with Crippen molar-refractivity contribution in [1.82, 2.24) is 0 Å². The molecule has 6 heteroatoms. The Balaban J connectivity index is 4.28. The Bertz CT molecular complexity index is 379. The van der Waals surface area contributed by atoms with E-state index >= 15 is 0 Å². The second-order valence-electron chi connectivity index (χ2n) is 6.00. The maximum absolute atomic E-state index is 10.8. The molecule has 0 heterocycles. The first-order valence-electron chi connectivity index (χ1n) is 6.04. The smallest absolute Gasteiger partial charge is 0.264 e. The summed E-state index contributed by atoms with van der Waals surface area (Å²) in [6.07, 6.45) is 4.52. The molecule has 0 saturated carbocycles. The first kappa shape index (κ1) is 17.8. The van der Waals surface area contributed by atoms with Gasteiger partial charge in [-0.2, -0.15) is 8.42 Å². The summed E-state index contributed by atoms with van der Waals surface area (Å²) in [7, 11) is -5.14. The molecule has 0 aliphatic rings. The minimum atomic E-state index is -3.36. The number of rotatable bonds is 6. The van der Waals surface area contributed by atoms with Gasteiger partial charge in [0.25, 0.3) is 10.1 Å². The van der Waals surface area contributed by atoms with Gasteiger partial charge in [0.1, 0.15) is 0 Å². The molecule has 0 N–H and O–H groups in total. The van der Waals surface area contributed by atoms with Crippen LogP contribution in [0.1, 0.15) is 27.7 Å². The molecule has 0 bridgehead atoms. The van der Waals surface area contributed by atoms with Gasteiger partial charge in [-0.15, -0.1) is 0 Å². The maximum atomic E-state index is 10.8. The molecule has 0 amide bonds. The first-order valence-corrected chi connectivity index (χ1v) is 10.8. The summed E-state index contributed by atoms with van der Waals surface area (Å²) < 4.78 is 32.2. The van der Waals surface area contributed by atoms with Gasteiger partial charge in [-0.1, -0.05) is 32.9 Å². The van der Waals surface area contributed by atoms with Gasteiger partial charge in [-0.3, -0.25) is 4.18 Å².